The highest BCUT2D eigenvalue weighted by Gasteiger charge is 2.61. The van der Waals surface area contributed by atoms with Gasteiger partial charge >= 0.3 is 11.9 Å². The number of carbonyl (C=O) groups is 4. The SMILES string of the molecule is CC(=O)O[C@H]1CC[C@](C)([C@@H]2CC[C@]3(C)[C@@H]([C@@H](C)CCCC(C)C)CC[C@H]3[C@@H]2C(=O)C(=O)O)C(=O)C1. The summed E-state index contributed by atoms with van der Waals surface area (Å²) in [5.74, 6) is -1.66. The summed E-state index contributed by atoms with van der Waals surface area (Å²) < 4.78 is 5.31. The highest BCUT2D eigenvalue weighted by atomic mass is 16.5. The lowest BCUT2D eigenvalue weighted by atomic mass is 9.49. The predicted molar refractivity (Wildman–Crippen MR) is 134 cm³/mol. The van der Waals surface area contributed by atoms with Crippen LogP contribution < -0.4 is 0 Å². The lowest BCUT2D eigenvalue weighted by Gasteiger charge is -2.54. The zero-order valence-corrected chi connectivity index (χ0v) is 22.6. The fourth-order valence-electron chi connectivity index (χ4n) is 8.26. The summed E-state index contributed by atoms with van der Waals surface area (Å²) in [5, 5.41) is 9.80. The number of aliphatic carboxylic acids is 1. The van der Waals surface area contributed by atoms with Crippen LogP contribution in [0.15, 0.2) is 0 Å². The van der Waals surface area contributed by atoms with E-state index < -0.39 is 35.2 Å². The van der Waals surface area contributed by atoms with Gasteiger partial charge < -0.3 is 9.84 Å². The van der Waals surface area contributed by atoms with Crippen LogP contribution >= 0.6 is 0 Å². The van der Waals surface area contributed by atoms with Gasteiger partial charge in [0, 0.05) is 24.7 Å². The fraction of sp³-hybridized carbons (Fsp3) is 0.862. The molecule has 3 aliphatic carbocycles. The molecule has 0 aromatic rings. The molecule has 3 aliphatic rings. The second-order valence-corrected chi connectivity index (χ2v) is 12.8. The van der Waals surface area contributed by atoms with Gasteiger partial charge in [-0.3, -0.25) is 14.4 Å². The molecule has 0 amide bonds. The number of fused-ring (bicyclic) bond motifs is 1. The van der Waals surface area contributed by atoms with E-state index in [1.807, 2.05) is 6.92 Å². The van der Waals surface area contributed by atoms with E-state index in [0.717, 1.165) is 19.3 Å². The van der Waals surface area contributed by atoms with Gasteiger partial charge in [0.05, 0.1) is 0 Å². The number of ketones is 2. The van der Waals surface area contributed by atoms with E-state index in [1.54, 1.807) is 0 Å². The highest BCUT2D eigenvalue weighted by Crippen LogP contribution is 2.64. The van der Waals surface area contributed by atoms with Crippen molar-refractivity contribution in [3.05, 3.63) is 0 Å². The molecule has 0 aromatic carbocycles. The maximum Gasteiger partial charge on any atom is 0.372 e. The van der Waals surface area contributed by atoms with Crippen molar-refractivity contribution >= 4 is 23.5 Å². The summed E-state index contributed by atoms with van der Waals surface area (Å²) in [6.07, 6.45) is 7.93. The van der Waals surface area contributed by atoms with Crippen LogP contribution in [0.1, 0.15) is 106 Å². The van der Waals surface area contributed by atoms with Crippen molar-refractivity contribution in [1.29, 1.82) is 0 Å². The van der Waals surface area contributed by atoms with Crippen molar-refractivity contribution in [3.63, 3.8) is 0 Å². The molecule has 0 bridgehead atoms. The zero-order valence-electron chi connectivity index (χ0n) is 22.6. The Bertz CT molecular complexity index is 833. The van der Waals surface area contributed by atoms with E-state index in [-0.39, 0.29) is 29.5 Å². The van der Waals surface area contributed by atoms with Gasteiger partial charge in [-0.25, -0.2) is 4.79 Å². The number of hydrogen-bond donors (Lipinski definition) is 1. The fourth-order valence-corrected chi connectivity index (χ4v) is 8.26. The zero-order chi connectivity index (χ0) is 26.1. The number of ether oxygens (including phenoxy) is 1. The Morgan fingerprint density at radius 2 is 1.69 bits per heavy atom. The van der Waals surface area contributed by atoms with Gasteiger partial charge in [0.25, 0.3) is 0 Å². The van der Waals surface area contributed by atoms with Gasteiger partial charge in [-0.05, 0) is 73.5 Å². The number of carboxylic acid groups (broad SMARTS) is 1. The first-order chi connectivity index (χ1) is 16.3. The first kappa shape index (κ1) is 27.9. The number of Topliss-reactive ketones (excluding diaryl/α,β-unsaturated/α-hetero) is 2. The summed E-state index contributed by atoms with van der Waals surface area (Å²) in [6, 6.07) is 0. The van der Waals surface area contributed by atoms with Crippen LogP contribution in [0, 0.1) is 46.3 Å². The largest absolute Gasteiger partial charge is 0.475 e. The summed E-state index contributed by atoms with van der Waals surface area (Å²) in [4.78, 5) is 50.1. The van der Waals surface area contributed by atoms with Gasteiger partial charge in [-0.15, -0.1) is 0 Å². The van der Waals surface area contributed by atoms with Crippen LogP contribution in [-0.2, 0) is 23.9 Å². The van der Waals surface area contributed by atoms with Crippen molar-refractivity contribution in [2.75, 3.05) is 0 Å². The van der Waals surface area contributed by atoms with Crippen LogP contribution in [0.5, 0.6) is 0 Å². The van der Waals surface area contributed by atoms with Crippen LogP contribution in [0.25, 0.3) is 0 Å². The Balaban J connectivity index is 1.84. The van der Waals surface area contributed by atoms with Gasteiger partial charge in [-0.2, -0.15) is 0 Å². The quantitative estimate of drug-likeness (QED) is 0.321. The minimum atomic E-state index is -1.37. The van der Waals surface area contributed by atoms with Crippen LogP contribution in [-0.4, -0.2) is 34.7 Å². The second kappa shape index (κ2) is 10.7. The molecule has 0 heterocycles. The van der Waals surface area contributed by atoms with Gasteiger partial charge in [0.15, 0.2) is 0 Å². The normalized spacial score (nSPS) is 38.1. The Morgan fingerprint density at radius 3 is 2.26 bits per heavy atom. The maximum atomic E-state index is 13.4. The average Bonchev–Trinajstić information content (AvgIpc) is 3.11. The van der Waals surface area contributed by atoms with Gasteiger partial charge in [-0.1, -0.05) is 53.9 Å². The molecule has 35 heavy (non-hydrogen) atoms. The van der Waals surface area contributed by atoms with E-state index >= 15 is 0 Å². The highest BCUT2D eigenvalue weighted by molar-refractivity contribution is 6.33. The van der Waals surface area contributed by atoms with Crippen molar-refractivity contribution in [2.24, 2.45) is 46.3 Å². The topological polar surface area (TPSA) is 97.7 Å². The number of carbonyl (C=O) groups excluding carboxylic acids is 3. The molecule has 3 saturated carbocycles. The van der Waals surface area contributed by atoms with E-state index in [1.165, 1.54) is 26.2 Å². The number of esters is 1. The standard InChI is InChI=1S/C29H46O6/c1-17(2)8-7-9-18(3)21-10-11-22-25(26(32)27(33)34)23(13-15-28(21,22)5)29(6)14-12-20(16-24(29)31)35-19(4)30/h17-18,20-23,25H,7-16H2,1-6H3,(H,33,34)/t18-,20-,21+,22-,23+,25-,28+,29+/m0/s1. The first-order valence-corrected chi connectivity index (χ1v) is 13.8. The Kier molecular flexibility index (Phi) is 8.53. The lowest BCUT2D eigenvalue weighted by molar-refractivity contribution is -0.164. The lowest BCUT2D eigenvalue weighted by Crippen LogP contribution is -2.54. The van der Waals surface area contributed by atoms with E-state index in [2.05, 4.69) is 27.7 Å². The molecule has 0 aromatic heterocycles. The van der Waals surface area contributed by atoms with Crippen LogP contribution in [0.4, 0.5) is 0 Å². The molecule has 0 spiro atoms. The third kappa shape index (κ3) is 5.51. The molecule has 3 fully saturated rings. The summed E-state index contributed by atoms with van der Waals surface area (Å²) in [7, 11) is 0. The maximum absolute atomic E-state index is 13.4. The molecule has 6 heteroatoms. The van der Waals surface area contributed by atoms with Crippen molar-refractivity contribution in [3.8, 4) is 0 Å². The molecule has 8 atom stereocenters. The summed E-state index contributed by atoms with van der Waals surface area (Å²) in [5.41, 5.74) is -0.827. The van der Waals surface area contributed by atoms with Crippen LogP contribution in [0.2, 0.25) is 0 Å². The summed E-state index contributed by atoms with van der Waals surface area (Å²) in [6.45, 7) is 12.4. The minimum Gasteiger partial charge on any atom is -0.475 e. The minimum absolute atomic E-state index is 0.00165. The Hall–Kier alpha value is -1.72. The van der Waals surface area contributed by atoms with Crippen molar-refractivity contribution in [1.82, 2.24) is 0 Å². The van der Waals surface area contributed by atoms with Crippen LogP contribution in [0.3, 0.4) is 0 Å². The Labute approximate surface area is 210 Å². The molecule has 1 N–H and O–H groups in total. The predicted octanol–water partition coefficient (Wildman–Crippen LogP) is 5.85. The molecule has 0 radical (unpaired) electrons. The van der Waals surface area contributed by atoms with Gasteiger partial charge in [0.1, 0.15) is 11.9 Å². The average molecular weight is 491 g/mol. The van der Waals surface area contributed by atoms with Crippen molar-refractivity contribution < 1.29 is 29.0 Å². The van der Waals surface area contributed by atoms with Gasteiger partial charge in [0.2, 0.25) is 5.78 Å². The smallest absolute Gasteiger partial charge is 0.372 e. The third-order valence-corrected chi connectivity index (χ3v) is 10.2. The molecular formula is C29H46O6. The number of carboxylic acids is 1. The summed E-state index contributed by atoms with van der Waals surface area (Å²) >= 11 is 0. The third-order valence-electron chi connectivity index (χ3n) is 10.2. The monoisotopic (exact) mass is 490 g/mol. The number of hydrogen-bond acceptors (Lipinski definition) is 5. The van der Waals surface area contributed by atoms with E-state index in [4.69, 9.17) is 4.74 Å². The first-order valence-electron chi connectivity index (χ1n) is 13.8. The number of rotatable bonds is 9. The molecule has 0 aliphatic heterocycles. The molecule has 0 saturated heterocycles. The second-order valence-electron chi connectivity index (χ2n) is 12.8. The molecule has 3 rings (SSSR count). The van der Waals surface area contributed by atoms with E-state index in [0.29, 0.717) is 37.0 Å². The molecule has 198 valence electrons. The molecule has 6 nitrogen and oxygen atoms in total. The Morgan fingerprint density at radius 1 is 1.00 bits per heavy atom. The van der Waals surface area contributed by atoms with E-state index in [9.17, 15) is 24.3 Å². The molecular weight excluding hydrogens is 444 g/mol. The molecule has 0 unspecified atom stereocenters. The van der Waals surface area contributed by atoms with Crippen molar-refractivity contribution in [2.45, 2.75) is 112 Å².